The van der Waals surface area contributed by atoms with Crippen LogP contribution >= 0.6 is 11.3 Å². The molecule has 0 saturated carbocycles. The number of rotatable bonds is 3. The standard InChI is InChI=1S/C9H6N2O4S/c12-8(6-1-3-15-11-6)10-5-2-4-16-7(5)9(13)14/h1-4H,(H,10,12)(H,13,14). The Balaban J connectivity index is 2.18. The molecule has 2 aromatic rings. The second-order valence-corrected chi connectivity index (χ2v) is 3.72. The van der Waals surface area contributed by atoms with Gasteiger partial charge in [0.2, 0.25) is 0 Å². The number of carbonyl (C=O) groups is 2. The zero-order chi connectivity index (χ0) is 11.5. The Labute approximate surface area is 93.5 Å². The van der Waals surface area contributed by atoms with Crippen molar-refractivity contribution in [3.63, 3.8) is 0 Å². The normalized spacial score (nSPS) is 10.0. The Bertz CT molecular complexity index is 517. The molecule has 16 heavy (non-hydrogen) atoms. The lowest BCUT2D eigenvalue weighted by molar-refractivity contribution is 0.0703. The maximum Gasteiger partial charge on any atom is 0.348 e. The van der Waals surface area contributed by atoms with E-state index in [1.54, 1.807) is 5.38 Å². The molecule has 0 aliphatic carbocycles. The molecule has 0 saturated heterocycles. The summed E-state index contributed by atoms with van der Waals surface area (Å²) in [5.74, 6) is -1.58. The number of hydrogen-bond donors (Lipinski definition) is 2. The van der Waals surface area contributed by atoms with Gasteiger partial charge in [-0.2, -0.15) is 0 Å². The fraction of sp³-hybridized carbons (Fsp3) is 0. The minimum Gasteiger partial charge on any atom is -0.477 e. The molecule has 0 spiro atoms. The van der Waals surface area contributed by atoms with Crippen LogP contribution in [0.2, 0.25) is 0 Å². The highest BCUT2D eigenvalue weighted by molar-refractivity contribution is 7.12. The highest BCUT2D eigenvalue weighted by Crippen LogP contribution is 2.22. The molecule has 0 aliphatic heterocycles. The van der Waals surface area contributed by atoms with Crippen molar-refractivity contribution < 1.29 is 19.2 Å². The van der Waals surface area contributed by atoms with E-state index in [1.807, 2.05) is 0 Å². The summed E-state index contributed by atoms with van der Waals surface area (Å²) in [4.78, 5) is 22.4. The van der Waals surface area contributed by atoms with Crippen LogP contribution in [0.3, 0.4) is 0 Å². The number of carboxylic acids is 1. The van der Waals surface area contributed by atoms with Crippen molar-refractivity contribution in [2.45, 2.75) is 0 Å². The fourth-order valence-corrected chi connectivity index (χ4v) is 1.78. The Morgan fingerprint density at radius 1 is 1.44 bits per heavy atom. The molecular weight excluding hydrogens is 232 g/mol. The van der Waals surface area contributed by atoms with E-state index in [0.29, 0.717) is 0 Å². The third-order valence-corrected chi connectivity index (χ3v) is 2.68. The van der Waals surface area contributed by atoms with Gasteiger partial charge in [0, 0.05) is 6.07 Å². The zero-order valence-electron chi connectivity index (χ0n) is 7.84. The van der Waals surface area contributed by atoms with E-state index in [0.717, 1.165) is 11.3 Å². The van der Waals surface area contributed by atoms with Gasteiger partial charge in [-0.05, 0) is 11.4 Å². The summed E-state index contributed by atoms with van der Waals surface area (Å²) < 4.78 is 4.51. The summed E-state index contributed by atoms with van der Waals surface area (Å²) in [7, 11) is 0. The minimum atomic E-state index is -1.08. The quantitative estimate of drug-likeness (QED) is 0.848. The van der Waals surface area contributed by atoms with Gasteiger partial charge in [-0.1, -0.05) is 5.16 Å². The molecule has 7 heteroatoms. The summed E-state index contributed by atoms with van der Waals surface area (Å²) in [5.41, 5.74) is 0.355. The molecule has 1 amide bonds. The Morgan fingerprint density at radius 2 is 2.25 bits per heavy atom. The van der Waals surface area contributed by atoms with Crippen molar-refractivity contribution in [1.29, 1.82) is 0 Å². The van der Waals surface area contributed by atoms with Gasteiger partial charge in [-0.3, -0.25) is 4.79 Å². The van der Waals surface area contributed by atoms with Crippen LogP contribution in [0.4, 0.5) is 5.69 Å². The van der Waals surface area contributed by atoms with Crippen molar-refractivity contribution in [3.8, 4) is 0 Å². The predicted molar refractivity (Wildman–Crippen MR) is 55.7 cm³/mol. The molecule has 82 valence electrons. The van der Waals surface area contributed by atoms with Crippen molar-refractivity contribution >= 4 is 28.9 Å². The minimum absolute atomic E-state index is 0.0804. The number of aromatic nitrogens is 1. The molecule has 0 aromatic carbocycles. The first kappa shape index (κ1) is 10.4. The van der Waals surface area contributed by atoms with E-state index in [9.17, 15) is 9.59 Å². The second kappa shape index (κ2) is 4.15. The van der Waals surface area contributed by atoms with Gasteiger partial charge in [-0.15, -0.1) is 11.3 Å². The van der Waals surface area contributed by atoms with Gasteiger partial charge in [0.15, 0.2) is 5.69 Å². The molecule has 2 N–H and O–H groups in total. The summed E-state index contributed by atoms with van der Waals surface area (Å²) in [5, 5.41) is 16.3. The van der Waals surface area contributed by atoms with Crippen LogP contribution in [-0.2, 0) is 0 Å². The summed E-state index contributed by atoms with van der Waals surface area (Å²) in [6, 6.07) is 2.91. The lowest BCUT2D eigenvalue weighted by atomic mass is 10.3. The molecular formula is C9H6N2O4S. The molecule has 2 rings (SSSR count). The van der Waals surface area contributed by atoms with E-state index in [1.165, 1.54) is 18.4 Å². The maximum absolute atomic E-state index is 11.5. The smallest absolute Gasteiger partial charge is 0.348 e. The number of anilines is 1. The highest BCUT2D eigenvalue weighted by Gasteiger charge is 2.16. The monoisotopic (exact) mass is 238 g/mol. The predicted octanol–water partition coefficient (Wildman–Crippen LogP) is 1.69. The number of hydrogen-bond acceptors (Lipinski definition) is 5. The van der Waals surface area contributed by atoms with Crippen molar-refractivity contribution in [2.24, 2.45) is 0 Å². The van der Waals surface area contributed by atoms with E-state index < -0.39 is 11.9 Å². The average molecular weight is 238 g/mol. The topological polar surface area (TPSA) is 92.4 Å². The van der Waals surface area contributed by atoms with Crippen LogP contribution in [0.25, 0.3) is 0 Å². The van der Waals surface area contributed by atoms with Crippen molar-refractivity contribution in [3.05, 3.63) is 34.3 Å². The number of nitrogens with one attached hydrogen (secondary N) is 1. The molecule has 0 fully saturated rings. The lowest BCUT2D eigenvalue weighted by Crippen LogP contribution is -2.13. The zero-order valence-corrected chi connectivity index (χ0v) is 8.65. The first-order valence-electron chi connectivity index (χ1n) is 4.21. The SMILES string of the molecule is O=C(Nc1ccsc1C(=O)O)c1ccon1. The Morgan fingerprint density at radius 3 is 2.88 bits per heavy atom. The third kappa shape index (κ3) is 1.94. The van der Waals surface area contributed by atoms with E-state index in [-0.39, 0.29) is 16.3 Å². The van der Waals surface area contributed by atoms with Crippen LogP contribution < -0.4 is 5.32 Å². The average Bonchev–Trinajstić information content (AvgIpc) is 2.86. The molecule has 0 atom stereocenters. The molecule has 0 aliphatic rings. The molecule has 0 unspecified atom stereocenters. The number of carboxylic acid groups (broad SMARTS) is 1. The van der Waals surface area contributed by atoms with Gasteiger partial charge < -0.3 is 14.9 Å². The number of thiophene rings is 1. The second-order valence-electron chi connectivity index (χ2n) is 2.81. The number of nitrogens with zero attached hydrogens (tertiary/aromatic N) is 1. The van der Waals surface area contributed by atoms with Gasteiger partial charge >= 0.3 is 5.97 Å². The fourth-order valence-electron chi connectivity index (χ4n) is 1.09. The van der Waals surface area contributed by atoms with Crippen molar-refractivity contribution in [2.75, 3.05) is 5.32 Å². The molecule has 2 heterocycles. The molecule has 0 bridgehead atoms. The number of aromatic carboxylic acids is 1. The molecule has 6 nitrogen and oxygen atoms in total. The summed E-state index contributed by atoms with van der Waals surface area (Å²) in [6.45, 7) is 0. The van der Waals surface area contributed by atoms with Crippen LogP contribution in [0.15, 0.2) is 28.3 Å². The number of carbonyl (C=O) groups excluding carboxylic acids is 1. The Kier molecular flexibility index (Phi) is 2.69. The van der Waals surface area contributed by atoms with Crippen LogP contribution in [0, 0.1) is 0 Å². The largest absolute Gasteiger partial charge is 0.477 e. The summed E-state index contributed by atoms with van der Waals surface area (Å²) >= 11 is 1.04. The highest BCUT2D eigenvalue weighted by atomic mass is 32.1. The van der Waals surface area contributed by atoms with Crippen molar-refractivity contribution in [1.82, 2.24) is 5.16 Å². The number of amides is 1. The van der Waals surface area contributed by atoms with Crippen LogP contribution in [0.1, 0.15) is 20.2 Å². The first-order valence-corrected chi connectivity index (χ1v) is 5.09. The lowest BCUT2D eigenvalue weighted by Gasteiger charge is -2.00. The van der Waals surface area contributed by atoms with E-state index in [2.05, 4.69) is 15.0 Å². The molecule has 0 radical (unpaired) electrons. The van der Waals surface area contributed by atoms with E-state index >= 15 is 0 Å². The van der Waals surface area contributed by atoms with Crippen LogP contribution in [-0.4, -0.2) is 22.1 Å². The van der Waals surface area contributed by atoms with Gasteiger partial charge in [0.05, 0.1) is 5.69 Å². The first-order chi connectivity index (χ1) is 7.68. The maximum atomic E-state index is 11.5. The van der Waals surface area contributed by atoms with Crippen LogP contribution in [0.5, 0.6) is 0 Å². The Hall–Kier alpha value is -2.15. The van der Waals surface area contributed by atoms with Gasteiger partial charge in [0.1, 0.15) is 11.1 Å². The third-order valence-electron chi connectivity index (χ3n) is 1.78. The van der Waals surface area contributed by atoms with Gasteiger partial charge in [0.25, 0.3) is 5.91 Å². The molecule has 2 aromatic heterocycles. The van der Waals surface area contributed by atoms with E-state index in [4.69, 9.17) is 5.11 Å². The summed E-state index contributed by atoms with van der Waals surface area (Å²) in [6.07, 6.45) is 1.26. The van der Waals surface area contributed by atoms with Gasteiger partial charge in [-0.25, -0.2) is 4.79 Å².